The molecule has 0 spiro atoms. The Hall–Kier alpha value is -3.06. The predicted octanol–water partition coefficient (Wildman–Crippen LogP) is 4.46. The van der Waals surface area contributed by atoms with Crippen molar-refractivity contribution in [1.82, 2.24) is 19.7 Å². The molecular formula is C20H18N4O2S. The van der Waals surface area contributed by atoms with Crippen LogP contribution in [0.2, 0.25) is 0 Å². The van der Waals surface area contributed by atoms with E-state index in [1.807, 2.05) is 30.3 Å². The fourth-order valence-electron chi connectivity index (χ4n) is 3.25. The molecule has 2 aromatic carbocycles. The van der Waals surface area contributed by atoms with E-state index >= 15 is 0 Å². The first-order valence-electron chi connectivity index (χ1n) is 8.59. The zero-order chi connectivity index (χ0) is 19.0. The molecule has 0 aliphatic carbocycles. The summed E-state index contributed by atoms with van der Waals surface area (Å²) >= 11 is 1.03. The second-order valence-electron chi connectivity index (χ2n) is 6.16. The Morgan fingerprint density at radius 1 is 1.22 bits per heavy atom. The molecule has 27 heavy (non-hydrogen) atoms. The van der Waals surface area contributed by atoms with Crippen LogP contribution in [0, 0.1) is 6.92 Å². The lowest BCUT2D eigenvalue weighted by Crippen LogP contribution is -1.97. The van der Waals surface area contributed by atoms with E-state index in [2.05, 4.69) is 38.8 Å². The minimum Gasteiger partial charge on any atom is -0.477 e. The molecule has 0 atom stereocenters. The number of nitrogens with zero attached hydrogens (tertiary/aromatic N) is 3. The molecule has 0 radical (unpaired) electrons. The van der Waals surface area contributed by atoms with Crippen LogP contribution in [0.5, 0.6) is 0 Å². The maximum Gasteiger partial charge on any atom is 0.342 e. The van der Waals surface area contributed by atoms with Crippen molar-refractivity contribution in [1.29, 1.82) is 0 Å². The molecule has 6 nitrogen and oxygen atoms in total. The average molecular weight is 378 g/mol. The Morgan fingerprint density at radius 3 is 2.70 bits per heavy atom. The van der Waals surface area contributed by atoms with Gasteiger partial charge in [-0.2, -0.15) is 0 Å². The molecule has 0 saturated carbocycles. The van der Waals surface area contributed by atoms with E-state index in [1.54, 1.807) is 13.0 Å². The summed E-state index contributed by atoms with van der Waals surface area (Å²) in [5, 5.41) is 19.0. The number of aliphatic carboxylic acids is 1. The number of rotatable bonds is 5. The molecule has 4 aromatic rings. The molecule has 0 unspecified atom stereocenters. The smallest absolute Gasteiger partial charge is 0.342 e. The molecule has 4 rings (SSSR count). The van der Waals surface area contributed by atoms with Gasteiger partial charge in [0.05, 0.1) is 0 Å². The molecule has 0 aliphatic heterocycles. The molecular weight excluding hydrogens is 360 g/mol. The third-order valence-corrected chi connectivity index (χ3v) is 5.28. The Morgan fingerprint density at radius 2 is 2.00 bits per heavy atom. The fourth-order valence-corrected chi connectivity index (χ4v) is 4.01. The summed E-state index contributed by atoms with van der Waals surface area (Å²) in [6, 6.07) is 14.3. The Bertz CT molecular complexity index is 1190. The van der Waals surface area contributed by atoms with Crippen molar-refractivity contribution in [3.05, 3.63) is 58.8 Å². The molecule has 2 heterocycles. The average Bonchev–Trinajstić information content (AvgIpc) is 3.21. The third kappa shape index (κ3) is 3.21. The molecule has 0 saturated heterocycles. The molecule has 7 heteroatoms. The van der Waals surface area contributed by atoms with E-state index in [-0.39, 0.29) is 4.91 Å². The lowest BCUT2D eigenvalue weighted by Gasteiger charge is -2.03. The molecule has 2 aromatic heterocycles. The number of nitrogens with one attached hydrogen (secondary N) is 1. The highest BCUT2D eigenvalue weighted by atomic mass is 32.2. The van der Waals surface area contributed by atoms with E-state index in [0.717, 1.165) is 34.8 Å². The summed E-state index contributed by atoms with van der Waals surface area (Å²) in [4.78, 5) is 16.0. The van der Waals surface area contributed by atoms with Gasteiger partial charge in [0.1, 0.15) is 10.7 Å². The third-order valence-electron chi connectivity index (χ3n) is 4.40. The first kappa shape index (κ1) is 17.4. The number of carbonyl (C=O) groups is 1. The summed E-state index contributed by atoms with van der Waals surface area (Å²) in [5.41, 5.74) is 3.16. The van der Waals surface area contributed by atoms with Crippen molar-refractivity contribution < 1.29 is 9.90 Å². The fraction of sp³-hybridized carbons (Fsp3) is 0.150. The van der Waals surface area contributed by atoms with Crippen LogP contribution >= 0.6 is 11.8 Å². The maximum atomic E-state index is 11.7. The highest BCUT2D eigenvalue weighted by Crippen LogP contribution is 2.31. The van der Waals surface area contributed by atoms with Crippen LogP contribution in [0.25, 0.3) is 27.9 Å². The van der Waals surface area contributed by atoms with Crippen LogP contribution in [-0.4, -0.2) is 30.8 Å². The summed E-state index contributed by atoms with van der Waals surface area (Å²) in [5.74, 6) is -0.352. The van der Waals surface area contributed by atoms with Crippen molar-refractivity contribution in [2.45, 2.75) is 25.5 Å². The number of hydrogen-bond donors (Lipinski definition) is 2. The first-order chi connectivity index (χ1) is 13.1. The number of carboxylic acid groups (broad SMARTS) is 1. The van der Waals surface area contributed by atoms with Crippen molar-refractivity contribution >= 4 is 45.6 Å². The van der Waals surface area contributed by atoms with Crippen molar-refractivity contribution in [3.8, 4) is 0 Å². The van der Waals surface area contributed by atoms with E-state index < -0.39 is 5.97 Å². The highest BCUT2D eigenvalue weighted by molar-refractivity contribution is 8.04. The number of thioether (sulfide) groups is 1. The van der Waals surface area contributed by atoms with Crippen LogP contribution in [0.1, 0.15) is 18.3 Å². The molecule has 2 N–H and O–H groups in total. The summed E-state index contributed by atoms with van der Waals surface area (Å²) in [6.45, 7) is 4.77. The van der Waals surface area contributed by atoms with Crippen molar-refractivity contribution in [2.75, 3.05) is 0 Å². The van der Waals surface area contributed by atoms with Gasteiger partial charge in [-0.05, 0) is 55.4 Å². The van der Waals surface area contributed by atoms with Crippen LogP contribution < -0.4 is 0 Å². The largest absolute Gasteiger partial charge is 0.477 e. The monoisotopic (exact) mass is 378 g/mol. The summed E-state index contributed by atoms with van der Waals surface area (Å²) in [7, 11) is 0. The zero-order valence-corrected chi connectivity index (χ0v) is 15.7. The van der Waals surface area contributed by atoms with Gasteiger partial charge in [0.25, 0.3) is 0 Å². The van der Waals surface area contributed by atoms with Crippen LogP contribution in [-0.2, 0) is 11.3 Å². The second-order valence-corrected chi connectivity index (χ2v) is 7.17. The molecule has 136 valence electrons. The number of para-hydroxylation sites is 1. The lowest BCUT2D eigenvalue weighted by molar-refractivity contribution is -0.131. The van der Waals surface area contributed by atoms with Crippen molar-refractivity contribution in [2.24, 2.45) is 0 Å². The second kappa shape index (κ2) is 6.92. The molecule has 0 fully saturated rings. The number of carboxylic acids is 1. The standard InChI is InChI=1S/C20H18N4O2S/c1-3-24-16-7-5-4-6-14(16)15-10-13(8-9-17(15)24)11-18(19(25)26)27-20-21-12(2)22-23-20/h4-11H,3H2,1-2H3,(H,25,26)(H,21,22,23)/b18-11-. The number of aryl methyl sites for hydroxylation is 2. The van der Waals surface area contributed by atoms with Crippen LogP contribution in [0.3, 0.4) is 0 Å². The molecule has 0 aliphatic rings. The van der Waals surface area contributed by atoms with Crippen LogP contribution in [0.15, 0.2) is 52.5 Å². The number of fused-ring (bicyclic) bond motifs is 3. The normalized spacial score (nSPS) is 12.1. The maximum absolute atomic E-state index is 11.7. The van der Waals surface area contributed by atoms with Gasteiger partial charge in [-0.3, -0.25) is 5.10 Å². The Balaban J connectivity index is 1.81. The topological polar surface area (TPSA) is 83.8 Å². The highest BCUT2D eigenvalue weighted by Gasteiger charge is 2.14. The molecule has 0 bridgehead atoms. The van der Waals surface area contributed by atoms with Gasteiger partial charge in [0.15, 0.2) is 0 Å². The van der Waals surface area contributed by atoms with Crippen molar-refractivity contribution in [3.63, 3.8) is 0 Å². The minimum absolute atomic E-state index is 0.174. The zero-order valence-electron chi connectivity index (χ0n) is 14.9. The van der Waals surface area contributed by atoms with Gasteiger partial charge in [-0.1, -0.05) is 24.3 Å². The number of hydrogen-bond acceptors (Lipinski definition) is 4. The summed E-state index contributed by atoms with van der Waals surface area (Å²) in [6.07, 6.45) is 1.66. The Labute approximate surface area is 159 Å². The number of benzene rings is 2. The van der Waals surface area contributed by atoms with E-state index in [1.165, 1.54) is 10.9 Å². The first-order valence-corrected chi connectivity index (χ1v) is 9.41. The number of aromatic nitrogens is 4. The number of H-pyrrole nitrogens is 1. The minimum atomic E-state index is -1.00. The van der Waals surface area contributed by atoms with Gasteiger partial charge in [0, 0.05) is 28.4 Å². The van der Waals surface area contributed by atoms with Gasteiger partial charge >= 0.3 is 5.97 Å². The van der Waals surface area contributed by atoms with E-state index in [0.29, 0.717) is 11.0 Å². The lowest BCUT2D eigenvalue weighted by atomic mass is 10.1. The van der Waals surface area contributed by atoms with E-state index in [9.17, 15) is 9.90 Å². The van der Waals surface area contributed by atoms with Crippen LogP contribution in [0.4, 0.5) is 0 Å². The SMILES string of the molecule is CCn1c2ccccc2c2cc(/C=C(\Sc3n[nH]c(C)n3)C(=O)O)ccc21. The molecule has 0 amide bonds. The van der Waals surface area contributed by atoms with Gasteiger partial charge in [-0.25, -0.2) is 9.78 Å². The Kier molecular flexibility index (Phi) is 4.45. The quantitative estimate of drug-likeness (QED) is 0.396. The predicted molar refractivity (Wildman–Crippen MR) is 108 cm³/mol. The summed E-state index contributed by atoms with van der Waals surface area (Å²) < 4.78 is 2.27. The van der Waals surface area contributed by atoms with E-state index in [4.69, 9.17) is 0 Å². The number of aromatic amines is 1. The van der Waals surface area contributed by atoms with Gasteiger partial charge in [-0.15, -0.1) is 5.10 Å². The van der Waals surface area contributed by atoms with Gasteiger partial charge < -0.3 is 9.67 Å². The van der Waals surface area contributed by atoms with Gasteiger partial charge in [0.2, 0.25) is 5.16 Å².